The average molecular weight is 288 g/mol. The SMILES string of the molecule is CCN(C(=O)N1CC(OC)CC1C(=O)O)C(C)COC. The van der Waals surface area contributed by atoms with E-state index in [0.29, 0.717) is 26.1 Å². The molecular weight excluding hydrogens is 264 g/mol. The molecule has 0 aromatic rings. The lowest BCUT2D eigenvalue weighted by molar-refractivity contribution is -0.141. The standard InChI is InChI=1S/C13H24N2O5/c1-5-14(9(2)8-19-3)13(18)15-7-10(20-4)6-11(15)12(16)17/h9-11H,5-8H2,1-4H3,(H,16,17). The lowest BCUT2D eigenvalue weighted by Crippen LogP contribution is -2.51. The van der Waals surface area contributed by atoms with Crippen LogP contribution in [-0.2, 0) is 14.3 Å². The highest BCUT2D eigenvalue weighted by molar-refractivity contribution is 5.83. The fourth-order valence-corrected chi connectivity index (χ4v) is 2.55. The van der Waals surface area contributed by atoms with Crippen LogP contribution >= 0.6 is 0 Å². The van der Waals surface area contributed by atoms with Gasteiger partial charge in [-0.25, -0.2) is 9.59 Å². The number of carbonyl (C=O) groups is 2. The number of likely N-dealkylation sites (N-methyl/N-ethyl adjacent to an activating group) is 1. The molecule has 1 aliphatic heterocycles. The number of urea groups is 1. The predicted molar refractivity (Wildman–Crippen MR) is 72.7 cm³/mol. The maximum atomic E-state index is 12.5. The number of hydrogen-bond donors (Lipinski definition) is 1. The van der Waals surface area contributed by atoms with Gasteiger partial charge in [0.05, 0.1) is 18.8 Å². The Bertz CT molecular complexity index is 350. The van der Waals surface area contributed by atoms with E-state index in [1.165, 1.54) is 12.0 Å². The van der Waals surface area contributed by atoms with E-state index in [2.05, 4.69) is 0 Å². The third-order valence-corrected chi connectivity index (χ3v) is 3.65. The lowest BCUT2D eigenvalue weighted by atomic mass is 10.2. The van der Waals surface area contributed by atoms with Crippen LogP contribution in [0, 0.1) is 0 Å². The van der Waals surface area contributed by atoms with E-state index in [9.17, 15) is 14.7 Å². The zero-order valence-electron chi connectivity index (χ0n) is 12.5. The number of carbonyl (C=O) groups excluding carboxylic acids is 1. The van der Waals surface area contributed by atoms with Crippen molar-refractivity contribution in [3.8, 4) is 0 Å². The average Bonchev–Trinajstić information content (AvgIpc) is 2.84. The number of methoxy groups -OCH3 is 2. The Labute approximate surface area is 119 Å². The van der Waals surface area contributed by atoms with Crippen molar-refractivity contribution in [2.45, 2.75) is 38.5 Å². The van der Waals surface area contributed by atoms with E-state index in [0.717, 1.165) is 0 Å². The Morgan fingerprint density at radius 1 is 1.45 bits per heavy atom. The van der Waals surface area contributed by atoms with E-state index < -0.39 is 12.0 Å². The normalized spacial score (nSPS) is 23.7. The summed E-state index contributed by atoms with van der Waals surface area (Å²) in [5.41, 5.74) is 0. The van der Waals surface area contributed by atoms with Gasteiger partial charge < -0.3 is 24.4 Å². The van der Waals surface area contributed by atoms with Crippen molar-refractivity contribution >= 4 is 12.0 Å². The highest BCUT2D eigenvalue weighted by atomic mass is 16.5. The molecule has 3 unspecified atom stereocenters. The molecule has 1 heterocycles. The van der Waals surface area contributed by atoms with Crippen LogP contribution in [0.2, 0.25) is 0 Å². The molecule has 2 amide bonds. The number of nitrogens with zero attached hydrogens (tertiary/aromatic N) is 2. The van der Waals surface area contributed by atoms with E-state index in [1.54, 1.807) is 12.0 Å². The van der Waals surface area contributed by atoms with Crippen LogP contribution < -0.4 is 0 Å². The van der Waals surface area contributed by atoms with Gasteiger partial charge in [0, 0.05) is 33.7 Å². The lowest BCUT2D eigenvalue weighted by Gasteiger charge is -2.33. The van der Waals surface area contributed by atoms with Crippen LogP contribution in [0.4, 0.5) is 4.79 Å². The van der Waals surface area contributed by atoms with Gasteiger partial charge in [-0.3, -0.25) is 0 Å². The van der Waals surface area contributed by atoms with Crippen molar-refractivity contribution < 1.29 is 24.2 Å². The molecule has 0 saturated carbocycles. The molecule has 1 saturated heterocycles. The molecule has 0 aliphatic carbocycles. The molecule has 0 aromatic carbocycles. The molecule has 0 bridgehead atoms. The first kappa shape index (κ1) is 16.7. The summed E-state index contributed by atoms with van der Waals surface area (Å²) in [5.74, 6) is -0.992. The number of ether oxygens (including phenoxy) is 2. The zero-order chi connectivity index (χ0) is 15.3. The molecule has 7 heteroatoms. The summed E-state index contributed by atoms with van der Waals surface area (Å²) in [4.78, 5) is 26.8. The second kappa shape index (κ2) is 7.44. The van der Waals surface area contributed by atoms with Gasteiger partial charge in [-0.2, -0.15) is 0 Å². The zero-order valence-corrected chi connectivity index (χ0v) is 12.5. The molecule has 3 atom stereocenters. The number of carboxylic acids is 1. The van der Waals surface area contributed by atoms with Crippen LogP contribution in [-0.4, -0.2) is 79.0 Å². The smallest absolute Gasteiger partial charge is 0.326 e. The van der Waals surface area contributed by atoms with E-state index >= 15 is 0 Å². The van der Waals surface area contributed by atoms with Gasteiger partial charge in [0.15, 0.2) is 0 Å². The molecule has 0 aromatic heterocycles. The molecule has 20 heavy (non-hydrogen) atoms. The quantitative estimate of drug-likeness (QED) is 0.776. The van der Waals surface area contributed by atoms with Crippen LogP contribution in [0.15, 0.2) is 0 Å². The van der Waals surface area contributed by atoms with E-state index in [4.69, 9.17) is 9.47 Å². The first-order valence-corrected chi connectivity index (χ1v) is 6.77. The number of hydrogen-bond acceptors (Lipinski definition) is 4. The van der Waals surface area contributed by atoms with Crippen molar-refractivity contribution in [3.05, 3.63) is 0 Å². The Morgan fingerprint density at radius 2 is 2.10 bits per heavy atom. The molecule has 1 fully saturated rings. The summed E-state index contributed by atoms with van der Waals surface area (Å²) in [6, 6.07) is -1.20. The molecule has 116 valence electrons. The van der Waals surface area contributed by atoms with Gasteiger partial charge in [0.25, 0.3) is 0 Å². The van der Waals surface area contributed by atoms with Crippen LogP contribution in [0.3, 0.4) is 0 Å². The van der Waals surface area contributed by atoms with Crippen molar-refractivity contribution in [2.24, 2.45) is 0 Å². The van der Waals surface area contributed by atoms with Crippen molar-refractivity contribution in [3.63, 3.8) is 0 Å². The highest BCUT2D eigenvalue weighted by Gasteiger charge is 2.41. The molecule has 7 nitrogen and oxygen atoms in total. The van der Waals surface area contributed by atoms with Crippen LogP contribution in [0.5, 0.6) is 0 Å². The Kier molecular flexibility index (Phi) is 6.22. The Morgan fingerprint density at radius 3 is 2.55 bits per heavy atom. The fourth-order valence-electron chi connectivity index (χ4n) is 2.55. The number of rotatable bonds is 6. The summed E-state index contributed by atoms with van der Waals surface area (Å²) < 4.78 is 10.3. The second-order valence-electron chi connectivity index (χ2n) is 4.97. The second-order valence-corrected chi connectivity index (χ2v) is 4.97. The predicted octanol–water partition coefficient (Wildman–Crippen LogP) is 0.637. The van der Waals surface area contributed by atoms with Crippen molar-refractivity contribution in [1.82, 2.24) is 9.80 Å². The third-order valence-electron chi connectivity index (χ3n) is 3.65. The van der Waals surface area contributed by atoms with Crippen molar-refractivity contribution in [2.75, 3.05) is 33.9 Å². The first-order valence-electron chi connectivity index (χ1n) is 6.77. The number of amides is 2. The topological polar surface area (TPSA) is 79.3 Å². The summed E-state index contributed by atoms with van der Waals surface area (Å²) >= 11 is 0. The van der Waals surface area contributed by atoms with Gasteiger partial charge in [0.2, 0.25) is 0 Å². The number of likely N-dealkylation sites (tertiary alicyclic amines) is 1. The maximum Gasteiger partial charge on any atom is 0.326 e. The van der Waals surface area contributed by atoms with Gasteiger partial charge in [-0.05, 0) is 13.8 Å². The summed E-state index contributed by atoms with van der Waals surface area (Å²) in [6.07, 6.45) is 0.102. The minimum absolute atomic E-state index is 0.103. The highest BCUT2D eigenvalue weighted by Crippen LogP contribution is 2.22. The number of carboxylic acid groups (broad SMARTS) is 1. The molecular formula is C13H24N2O5. The van der Waals surface area contributed by atoms with E-state index in [1.807, 2.05) is 13.8 Å². The Hall–Kier alpha value is -1.34. The summed E-state index contributed by atoms with van der Waals surface area (Å²) in [7, 11) is 3.11. The summed E-state index contributed by atoms with van der Waals surface area (Å²) in [6.45, 7) is 4.97. The number of aliphatic carboxylic acids is 1. The third kappa shape index (κ3) is 3.61. The van der Waals surface area contributed by atoms with Gasteiger partial charge in [-0.15, -0.1) is 0 Å². The largest absolute Gasteiger partial charge is 0.480 e. The van der Waals surface area contributed by atoms with Gasteiger partial charge >= 0.3 is 12.0 Å². The van der Waals surface area contributed by atoms with Crippen LogP contribution in [0.25, 0.3) is 0 Å². The Balaban J connectivity index is 2.84. The van der Waals surface area contributed by atoms with Crippen molar-refractivity contribution in [1.29, 1.82) is 0 Å². The maximum absolute atomic E-state index is 12.5. The molecule has 1 N–H and O–H groups in total. The van der Waals surface area contributed by atoms with Gasteiger partial charge in [0.1, 0.15) is 6.04 Å². The van der Waals surface area contributed by atoms with Crippen LogP contribution in [0.1, 0.15) is 20.3 Å². The van der Waals surface area contributed by atoms with Gasteiger partial charge in [-0.1, -0.05) is 0 Å². The monoisotopic (exact) mass is 288 g/mol. The fraction of sp³-hybridized carbons (Fsp3) is 0.846. The van der Waals surface area contributed by atoms with E-state index in [-0.39, 0.29) is 18.2 Å². The summed E-state index contributed by atoms with van der Waals surface area (Å²) in [5, 5.41) is 9.25. The molecule has 1 rings (SSSR count). The molecule has 0 radical (unpaired) electrons. The minimum Gasteiger partial charge on any atom is -0.480 e. The first-order chi connectivity index (χ1) is 9.46. The minimum atomic E-state index is -0.992. The molecule has 0 spiro atoms. The molecule has 1 aliphatic rings.